The Balaban J connectivity index is 2.02. The smallest absolute Gasteiger partial charge is 0.116 e. The molecule has 0 atom stereocenters. The Morgan fingerprint density at radius 1 is 1.41 bits per heavy atom. The zero-order chi connectivity index (χ0) is 11.9. The normalized spacial score (nSPS) is 21.3. The maximum Gasteiger partial charge on any atom is 0.116 e. The average molecular weight is 235 g/mol. The lowest BCUT2D eigenvalue weighted by molar-refractivity contribution is 0.275. The van der Waals surface area contributed by atoms with Crippen molar-refractivity contribution >= 4 is 0 Å². The third-order valence-corrected chi connectivity index (χ3v) is 4.19. The molecule has 0 unspecified atom stereocenters. The number of likely N-dealkylation sites (N-methyl/N-ethyl adjacent to an activating group) is 1. The molecule has 1 aliphatic heterocycles. The summed E-state index contributed by atoms with van der Waals surface area (Å²) in [5, 5.41) is 12.7. The summed E-state index contributed by atoms with van der Waals surface area (Å²) in [4.78, 5) is 4.74. The molecule has 2 N–H and O–H groups in total. The fraction of sp³-hybridized carbons (Fsp3) is 0.769. The predicted octanol–water partition coefficient (Wildman–Crippen LogP) is 0.963. The van der Waals surface area contributed by atoms with Crippen LogP contribution in [-0.4, -0.2) is 28.3 Å². The van der Waals surface area contributed by atoms with Crippen molar-refractivity contribution in [2.75, 3.05) is 13.6 Å². The monoisotopic (exact) mass is 235 g/mol. The van der Waals surface area contributed by atoms with Crippen LogP contribution >= 0.6 is 0 Å². The summed E-state index contributed by atoms with van der Waals surface area (Å²) >= 11 is 0. The number of hydrogen-bond acceptors (Lipinski definition) is 3. The van der Waals surface area contributed by atoms with Crippen molar-refractivity contribution in [1.29, 1.82) is 0 Å². The standard InChI is InChI=1S/C13H21N3O/c1-14-9-13(5-6-13)12-15-10(8-17)11-4-2-3-7-16(11)12/h14,17H,2-9H2,1H3. The van der Waals surface area contributed by atoms with Gasteiger partial charge in [-0.25, -0.2) is 4.98 Å². The lowest BCUT2D eigenvalue weighted by atomic mass is 10.0. The second-order valence-corrected chi connectivity index (χ2v) is 5.41. The number of aliphatic hydroxyl groups excluding tert-OH is 1. The summed E-state index contributed by atoms with van der Waals surface area (Å²) in [5.41, 5.74) is 2.46. The molecule has 0 radical (unpaired) electrons. The number of fused-ring (bicyclic) bond motifs is 1. The van der Waals surface area contributed by atoms with Crippen LogP contribution in [0.2, 0.25) is 0 Å². The predicted molar refractivity (Wildman–Crippen MR) is 65.9 cm³/mol. The van der Waals surface area contributed by atoms with E-state index < -0.39 is 0 Å². The molecule has 0 saturated heterocycles. The van der Waals surface area contributed by atoms with Gasteiger partial charge in [-0.3, -0.25) is 0 Å². The number of hydrogen-bond donors (Lipinski definition) is 2. The summed E-state index contributed by atoms with van der Waals surface area (Å²) < 4.78 is 2.39. The highest BCUT2D eigenvalue weighted by molar-refractivity contribution is 5.28. The van der Waals surface area contributed by atoms with Crippen molar-refractivity contribution in [3.8, 4) is 0 Å². The van der Waals surface area contributed by atoms with E-state index in [1.165, 1.54) is 37.2 Å². The number of nitrogens with one attached hydrogen (secondary N) is 1. The van der Waals surface area contributed by atoms with Crippen molar-refractivity contribution in [2.45, 2.75) is 50.7 Å². The molecular formula is C13H21N3O. The molecule has 1 aromatic rings. The molecule has 94 valence electrons. The van der Waals surface area contributed by atoms with E-state index in [9.17, 15) is 5.11 Å². The van der Waals surface area contributed by atoms with Gasteiger partial charge in [0.15, 0.2) is 0 Å². The second-order valence-electron chi connectivity index (χ2n) is 5.41. The maximum atomic E-state index is 9.43. The van der Waals surface area contributed by atoms with Crippen molar-refractivity contribution < 1.29 is 5.11 Å². The molecule has 0 amide bonds. The molecule has 1 saturated carbocycles. The van der Waals surface area contributed by atoms with Crippen LogP contribution in [0, 0.1) is 0 Å². The van der Waals surface area contributed by atoms with Gasteiger partial charge in [0.25, 0.3) is 0 Å². The fourth-order valence-electron chi connectivity index (χ4n) is 3.12. The highest BCUT2D eigenvalue weighted by Gasteiger charge is 2.48. The van der Waals surface area contributed by atoms with Crippen LogP contribution in [0.15, 0.2) is 0 Å². The van der Waals surface area contributed by atoms with Crippen LogP contribution < -0.4 is 5.32 Å². The lowest BCUT2D eigenvalue weighted by Crippen LogP contribution is -2.28. The Morgan fingerprint density at radius 2 is 2.24 bits per heavy atom. The molecular weight excluding hydrogens is 214 g/mol. The molecule has 3 rings (SSSR count). The minimum atomic E-state index is 0.0883. The summed E-state index contributed by atoms with van der Waals surface area (Å²) in [5.74, 6) is 1.23. The van der Waals surface area contributed by atoms with Gasteiger partial charge in [-0.05, 0) is 39.2 Å². The Bertz CT molecular complexity index is 421. The fourth-order valence-corrected chi connectivity index (χ4v) is 3.12. The highest BCUT2D eigenvalue weighted by Crippen LogP contribution is 2.48. The van der Waals surface area contributed by atoms with E-state index in [1.807, 2.05) is 7.05 Å². The number of aliphatic hydroxyl groups is 1. The minimum absolute atomic E-state index is 0.0883. The lowest BCUT2D eigenvalue weighted by Gasteiger charge is -2.21. The van der Waals surface area contributed by atoms with Crippen molar-refractivity contribution in [3.05, 3.63) is 17.2 Å². The Hall–Kier alpha value is -0.870. The average Bonchev–Trinajstić information content (AvgIpc) is 3.04. The summed E-state index contributed by atoms with van der Waals surface area (Å²) in [6.07, 6.45) is 6.02. The van der Waals surface area contributed by atoms with E-state index in [2.05, 4.69) is 9.88 Å². The van der Waals surface area contributed by atoms with E-state index >= 15 is 0 Å². The van der Waals surface area contributed by atoms with Crippen molar-refractivity contribution in [2.24, 2.45) is 0 Å². The summed E-state index contributed by atoms with van der Waals surface area (Å²) in [6, 6.07) is 0. The van der Waals surface area contributed by atoms with Crippen LogP contribution in [-0.2, 0) is 25.0 Å². The minimum Gasteiger partial charge on any atom is -0.390 e. The number of aromatic nitrogens is 2. The van der Waals surface area contributed by atoms with Gasteiger partial charge in [-0.2, -0.15) is 0 Å². The zero-order valence-corrected chi connectivity index (χ0v) is 10.5. The van der Waals surface area contributed by atoms with Crippen LogP contribution in [0.25, 0.3) is 0 Å². The molecule has 2 aliphatic rings. The van der Waals surface area contributed by atoms with Crippen LogP contribution in [0.3, 0.4) is 0 Å². The maximum absolute atomic E-state index is 9.43. The molecule has 17 heavy (non-hydrogen) atoms. The Kier molecular flexibility index (Phi) is 2.71. The van der Waals surface area contributed by atoms with Gasteiger partial charge in [-0.1, -0.05) is 0 Å². The van der Waals surface area contributed by atoms with Crippen molar-refractivity contribution in [3.63, 3.8) is 0 Å². The SMILES string of the molecule is CNCC1(c2nc(CO)c3n2CCCC3)CC1. The molecule has 4 heteroatoms. The third kappa shape index (κ3) is 1.70. The first-order valence-corrected chi connectivity index (χ1v) is 6.65. The van der Waals surface area contributed by atoms with E-state index in [0.29, 0.717) is 0 Å². The zero-order valence-electron chi connectivity index (χ0n) is 10.5. The van der Waals surface area contributed by atoms with Gasteiger partial charge in [0.05, 0.1) is 12.3 Å². The summed E-state index contributed by atoms with van der Waals surface area (Å²) in [6.45, 7) is 2.18. The first-order valence-electron chi connectivity index (χ1n) is 6.65. The Labute approximate surface area is 102 Å². The first kappa shape index (κ1) is 11.2. The van der Waals surface area contributed by atoms with Gasteiger partial charge in [-0.15, -0.1) is 0 Å². The van der Waals surface area contributed by atoms with Crippen LogP contribution in [0.4, 0.5) is 0 Å². The summed E-state index contributed by atoms with van der Waals surface area (Å²) in [7, 11) is 2.01. The van der Waals surface area contributed by atoms with E-state index in [4.69, 9.17) is 4.98 Å². The van der Waals surface area contributed by atoms with Crippen LogP contribution in [0.5, 0.6) is 0 Å². The molecule has 1 aromatic heterocycles. The van der Waals surface area contributed by atoms with Crippen molar-refractivity contribution in [1.82, 2.24) is 14.9 Å². The van der Waals surface area contributed by atoms with Gasteiger partial charge in [0.1, 0.15) is 5.82 Å². The molecule has 1 aliphatic carbocycles. The quantitative estimate of drug-likeness (QED) is 0.817. The highest BCUT2D eigenvalue weighted by atomic mass is 16.3. The topological polar surface area (TPSA) is 50.1 Å². The molecule has 0 aromatic carbocycles. The number of nitrogens with zero attached hydrogens (tertiary/aromatic N) is 2. The van der Waals surface area contributed by atoms with Gasteiger partial charge >= 0.3 is 0 Å². The molecule has 0 spiro atoms. The van der Waals surface area contributed by atoms with Gasteiger partial charge in [0.2, 0.25) is 0 Å². The van der Waals surface area contributed by atoms with E-state index in [-0.39, 0.29) is 12.0 Å². The second kappa shape index (κ2) is 4.10. The number of rotatable bonds is 4. The Morgan fingerprint density at radius 3 is 2.88 bits per heavy atom. The largest absolute Gasteiger partial charge is 0.390 e. The molecule has 0 bridgehead atoms. The first-order chi connectivity index (χ1) is 8.30. The van der Waals surface area contributed by atoms with Crippen LogP contribution in [0.1, 0.15) is 42.9 Å². The van der Waals surface area contributed by atoms with Gasteiger partial charge < -0.3 is 15.0 Å². The number of imidazole rings is 1. The molecule has 4 nitrogen and oxygen atoms in total. The van der Waals surface area contributed by atoms with E-state index in [1.54, 1.807) is 0 Å². The molecule has 2 heterocycles. The van der Waals surface area contributed by atoms with E-state index in [0.717, 1.165) is 25.2 Å². The van der Waals surface area contributed by atoms with Gasteiger partial charge in [0, 0.05) is 24.2 Å². The molecule has 1 fully saturated rings. The third-order valence-electron chi connectivity index (χ3n) is 4.19.